The summed E-state index contributed by atoms with van der Waals surface area (Å²) < 4.78 is 35.0. The SMILES string of the molecule is [2H]C([2H])(C(=O)O)[C@H](O)C[N+](C)(C)C([2H])([2H])[2H]. The van der Waals surface area contributed by atoms with Gasteiger partial charge in [0.05, 0.1) is 31.6 Å². The van der Waals surface area contributed by atoms with Gasteiger partial charge in [-0.3, -0.25) is 4.79 Å². The minimum absolute atomic E-state index is 0.518. The summed E-state index contributed by atoms with van der Waals surface area (Å²) in [7, 11) is 2.54. The Morgan fingerprint density at radius 2 is 2.36 bits per heavy atom. The summed E-state index contributed by atoms with van der Waals surface area (Å²) in [4.78, 5) is 10.5. The van der Waals surface area contributed by atoms with Crippen molar-refractivity contribution in [3.63, 3.8) is 0 Å². The first-order chi connectivity index (χ1) is 6.82. The van der Waals surface area contributed by atoms with Gasteiger partial charge in [0.2, 0.25) is 0 Å². The number of hydrogen-bond donors (Lipinski definition) is 2. The second-order valence-corrected chi connectivity index (χ2v) is 2.83. The Morgan fingerprint density at radius 3 is 2.73 bits per heavy atom. The molecule has 0 bridgehead atoms. The zero-order valence-electron chi connectivity index (χ0n) is 11.5. The van der Waals surface area contributed by atoms with Gasteiger partial charge >= 0.3 is 5.97 Å². The van der Waals surface area contributed by atoms with Crippen molar-refractivity contribution in [1.29, 1.82) is 0 Å². The number of nitrogens with zero attached hydrogens (tertiary/aromatic N) is 1. The normalized spacial score (nSPS) is 23.7. The average molecular weight is 167 g/mol. The van der Waals surface area contributed by atoms with Crippen LogP contribution in [0, 0.1) is 0 Å². The highest BCUT2D eigenvalue weighted by molar-refractivity contribution is 5.67. The molecule has 0 aliphatic rings. The van der Waals surface area contributed by atoms with Gasteiger partial charge in [-0.25, -0.2) is 0 Å². The Balaban J connectivity index is 4.82. The molecule has 0 unspecified atom stereocenters. The highest BCUT2D eigenvalue weighted by Gasteiger charge is 2.17. The van der Waals surface area contributed by atoms with Crippen LogP contribution in [0.5, 0.6) is 0 Å². The van der Waals surface area contributed by atoms with E-state index in [9.17, 15) is 9.90 Å². The number of aliphatic carboxylic acids is 1. The number of quaternary nitrogens is 1. The number of hydrogen-bond acceptors (Lipinski definition) is 2. The van der Waals surface area contributed by atoms with Crippen LogP contribution < -0.4 is 0 Å². The maximum Gasteiger partial charge on any atom is 0.306 e. The van der Waals surface area contributed by atoms with E-state index in [4.69, 9.17) is 12.0 Å². The van der Waals surface area contributed by atoms with Crippen molar-refractivity contribution in [2.45, 2.75) is 12.5 Å². The van der Waals surface area contributed by atoms with Crippen molar-refractivity contribution in [1.82, 2.24) is 0 Å². The van der Waals surface area contributed by atoms with Crippen LogP contribution in [0.2, 0.25) is 0 Å². The maximum absolute atomic E-state index is 10.5. The number of aliphatic hydroxyl groups excluding tert-OH is 1. The summed E-state index contributed by atoms with van der Waals surface area (Å²) in [5.74, 6) is -1.81. The van der Waals surface area contributed by atoms with Crippen molar-refractivity contribution in [3.05, 3.63) is 0 Å². The molecule has 0 aromatic rings. The first kappa shape index (κ1) is 4.42. The van der Waals surface area contributed by atoms with Gasteiger partial charge in [-0.2, -0.15) is 0 Å². The molecule has 11 heavy (non-hydrogen) atoms. The Kier molecular flexibility index (Phi) is 1.48. The van der Waals surface area contributed by atoms with Gasteiger partial charge in [0, 0.05) is 2.74 Å². The monoisotopic (exact) mass is 167 g/mol. The smallest absolute Gasteiger partial charge is 0.306 e. The number of carboxylic acids is 1. The van der Waals surface area contributed by atoms with Crippen molar-refractivity contribution in [2.24, 2.45) is 0 Å². The van der Waals surface area contributed by atoms with E-state index in [2.05, 4.69) is 0 Å². The van der Waals surface area contributed by atoms with Crippen molar-refractivity contribution < 1.29 is 26.3 Å². The fraction of sp³-hybridized carbons (Fsp3) is 0.857. The van der Waals surface area contributed by atoms with Gasteiger partial charge in [0.25, 0.3) is 0 Å². The molecule has 0 aliphatic carbocycles. The van der Waals surface area contributed by atoms with E-state index in [-0.39, 0.29) is 0 Å². The molecule has 0 saturated carbocycles. The predicted octanol–water partition coefficient (Wildman–Crippen LogP) is -0.472. The lowest BCUT2D eigenvalue weighted by atomic mass is 10.2. The van der Waals surface area contributed by atoms with Crippen LogP contribution in [0.4, 0.5) is 0 Å². The third kappa shape index (κ3) is 7.29. The minimum Gasteiger partial charge on any atom is -0.481 e. The summed E-state index contributed by atoms with van der Waals surface area (Å²) >= 11 is 0. The lowest BCUT2D eigenvalue weighted by Crippen LogP contribution is -2.42. The molecule has 1 atom stereocenters. The molecule has 0 rings (SSSR count). The first-order valence-electron chi connectivity index (χ1n) is 5.57. The second kappa shape index (κ2) is 3.69. The fourth-order valence-electron chi connectivity index (χ4n) is 0.621. The Morgan fingerprint density at radius 1 is 1.82 bits per heavy atom. The number of carbonyl (C=O) groups is 1. The van der Waals surface area contributed by atoms with Gasteiger partial charge in [0.1, 0.15) is 12.6 Å². The lowest BCUT2D eigenvalue weighted by molar-refractivity contribution is -0.873. The molecule has 0 aromatic heterocycles. The van der Waals surface area contributed by atoms with Crippen LogP contribution in [0.15, 0.2) is 0 Å². The Labute approximate surface area is 73.7 Å². The topological polar surface area (TPSA) is 57.5 Å². The third-order valence-corrected chi connectivity index (χ3v) is 0.919. The standard InChI is InChI=1S/C7H15NO3/c1-8(2,3)5-6(9)4-7(10)11/h6,9H,4-5H2,1-3H3/p+1/t6-/m0/s1/i1D3,4D2. The summed E-state index contributed by atoms with van der Waals surface area (Å²) in [6.45, 7) is -2.97. The van der Waals surface area contributed by atoms with Crippen LogP contribution >= 0.6 is 0 Å². The minimum atomic E-state index is -2.86. The van der Waals surface area contributed by atoms with E-state index in [1.165, 1.54) is 14.1 Å². The molecule has 0 fully saturated rings. The second-order valence-electron chi connectivity index (χ2n) is 2.83. The third-order valence-electron chi connectivity index (χ3n) is 0.919. The summed E-state index contributed by atoms with van der Waals surface area (Å²) in [5, 5.41) is 18.0. The van der Waals surface area contributed by atoms with E-state index in [1.807, 2.05) is 0 Å². The van der Waals surface area contributed by atoms with E-state index in [1.54, 1.807) is 0 Å². The molecule has 0 aliphatic heterocycles. The average Bonchev–Trinajstić information content (AvgIpc) is 2.00. The number of likely N-dealkylation sites (N-methyl/N-ethyl adjacent to an activating group) is 1. The van der Waals surface area contributed by atoms with Crippen LogP contribution in [0.25, 0.3) is 0 Å². The van der Waals surface area contributed by atoms with Gasteiger partial charge in [0.15, 0.2) is 0 Å². The van der Waals surface area contributed by atoms with E-state index >= 15 is 0 Å². The molecule has 0 heterocycles. The van der Waals surface area contributed by atoms with Crippen molar-refractivity contribution in [2.75, 3.05) is 27.6 Å². The fourth-order valence-corrected chi connectivity index (χ4v) is 0.621. The van der Waals surface area contributed by atoms with E-state index in [0.29, 0.717) is 0 Å². The molecule has 0 aromatic carbocycles. The lowest BCUT2D eigenvalue weighted by Gasteiger charge is -2.25. The summed E-state index contributed by atoms with van der Waals surface area (Å²) in [6.07, 6.45) is -4.75. The molecule has 66 valence electrons. The molecule has 2 N–H and O–H groups in total. The van der Waals surface area contributed by atoms with Crippen LogP contribution in [-0.4, -0.2) is 54.4 Å². The maximum atomic E-state index is 10.5. The molecule has 0 spiro atoms. The van der Waals surface area contributed by atoms with Crippen LogP contribution in [0.1, 0.15) is 13.2 Å². The number of carboxylic acid groups (broad SMARTS) is 1. The zero-order chi connectivity index (χ0) is 13.4. The largest absolute Gasteiger partial charge is 0.481 e. The van der Waals surface area contributed by atoms with Crippen molar-refractivity contribution >= 4 is 5.97 Å². The molecular formula is C7H16NO3+. The number of rotatable bonds is 4. The summed E-state index contributed by atoms with van der Waals surface area (Å²) in [6, 6.07) is 0. The molecule has 0 radical (unpaired) electrons. The van der Waals surface area contributed by atoms with Gasteiger partial charge in [-0.15, -0.1) is 0 Å². The molecular weight excluding hydrogens is 146 g/mol. The predicted molar refractivity (Wildman–Crippen MR) is 41.2 cm³/mol. The highest BCUT2D eigenvalue weighted by atomic mass is 16.4. The van der Waals surface area contributed by atoms with E-state index < -0.39 is 36.4 Å². The summed E-state index contributed by atoms with van der Waals surface area (Å²) in [5.41, 5.74) is 0. The van der Waals surface area contributed by atoms with Gasteiger partial charge in [-0.1, -0.05) is 0 Å². The van der Waals surface area contributed by atoms with Gasteiger partial charge < -0.3 is 14.7 Å². The molecule has 0 saturated heterocycles. The van der Waals surface area contributed by atoms with Crippen LogP contribution in [0.3, 0.4) is 0 Å². The molecule has 4 nitrogen and oxygen atoms in total. The van der Waals surface area contributed by atoms with Gasteiger partial charge in [-0.05, 0) is 0 Å². The zero-order valence-corrected chi connectivity index (χ0v) is 6.53. The molecule has 0 amide bonds. The van der Waals surface area contributed by atoms with Crippen LogP contribution in [-0.2, 0) is 4.79 Å². The first-order valence-corrected chi connectivity index (χ1v) is 3.07. The van der Waals surface area contributed by atoms with Crippen molar-refractivity contribution in [3.8, 4) is 0 Å². The highest BCUT2D eigenvalue weighted by Crippen LogP contribution is 1.98. The molecule has 4 heteroatoms. The number of aliphatic hydroxyl groups is 1. The Bertz CT molecular complexity index is 276. The quantitative estimate of drug-likeness (QED) is 0.556. The Hall–Kier alpha value is -0.610. The van der Waals surface area contributed by atoms with E-state index in [0.717, 1.165) is 0 Å².